The van der Waals surface area contributed by atoms with Crippen LogP contribution in [0.15, 0.2) is 48.0 Å². The first-order chi connectivity index (χ1) is 20.4. The summed E-state index contributed by atoms with van der Waals surface area (Å²) in [6, 6.07) is 11.2. The molecule has 4 aromatic heterocycles. The van der Waals surface area contributed by atoms with E-state index in [1.807, 2.05) is 42.8 Å². The summed E-state index contributed by atoms with van der Waals surface area (Å²) < 4.78 is 14.5. The summed E-state index contributed by atoms with van der Waals surface area (Å²) in [7, 11) is 1.62. The highest BCUT2D eigenvalue weighted by Gasteiger charge is 2.42. The van der Waals surface area contributed by atoms with E-state index in [0.717, 1.165) is 60.0 Å². The Hall–Kier alpha value is -3.91. The van der Waals surface area contributed by atoms with Crippen molar-refractivity contribution >= 4 is 55.1 Å². The van der Waals surface area contributed by atoms with Gasteiger partial charge in [-0.3, -0.25) is 4.79 Å². The zero-order valence-corrected chi connectivity index (χ0v) is 25.2. The van der Waals surface area contributed by atoms with Gasteiger partial charge in [-0.25, -0.2) is 19.5 Å². The number of methoxy groups -OCH3 is 1. The Morgan fingerprint density at radius 3 is 2.69 bits per heavy atom. The third kappa shape index (κ3) is 5.24. The Bertz CT molecular complexity index is 1890. The van der Waals surface area contributed by atoms with E-state index in [9.17, 15) is 9.90 Å². The molecule has 0 spiro atoms. The number of carbonyl (C=O) groups excluding carboxylic acids is 1. The number of rotatable bonds is 10. The van der Waals surface area contributed by atoms with Crippen molar-refractivity contribution in [3.05, 3.63) is 64.2 Å². The third-order valence-corrected chi connectivity index (χ3v) is 10.2. The topological polar surface area (TPSA) is 124 Å². The predicted molar refractivity (Wildman–Crippen MR) is 164 cm³/mol. The second kappa shape index (κ2) is 10.7. The summed E-state index contributed by atoms with van der Waals surface area (Å²) in [4.78, 5) is 27.6. The lowest BCUT2D eigenvalue weighted by Gasteiger charge is -2.12. The standard InChI is InChI=1S/C29H26N6O4S3/c1-16-34-35-11-22(33-28(35)41-16)27-32-21-9-20(38-2)10-23(24(21)42-27)39-12-19-13-40-26(31-19)18-5-3-17(4-6-18)25(37)30-14-29(15-36)7-8-29/h3-6,9-11,13,36H,7-8,12,14-15H2,1-2H3,(H,30,37). The summed E-state index contributed by atoms with van der Waals surface area (Å²) in [5.74, 6) is 1.19. The number of aryl methyl sites for hydroxylation is 1. The molecule has 13 heteroatoms. The van der Waals surface area contributed by atoms with Crippen LogP contribution in [0.3, 0.4) is 0 Å². The van der Waals surface area contributed by atoms with E-state index in [4.69, 9.17) is 24.4 Å². The van der Waals surface area contributed by atoms with E-state index in [0.29, 0.717) is 23.6 Å². The van der Waals surface area contributed by atoms with Crippen molar-refractivity contribution in [3.8, 4) is 32.8 Å². The molecule has 214 valence electrons. The number of aliphatic hydroxyl groups excluding tert-OH is 1. The summed E-state index contributed by atoms with van der Waals surface area (Å²) in [6.07, 6.45) is 3.80. The molecule has 0 saturated heterocycles. The molecule has 0 bridgehead atoms. The number of hydrogen-bond acceptors (Lipinski definition) is 11. The smallest absolute Gasteiger partial charge is 0.251 e. The maximum absolute atomic E-state index is 12.5. The van der Waals surface area contributed by atoms with Crippen LogP contribution in [0.2, 0.25) is 0 Å². The van der Waals surface area contributed by atoms with E-state index in [2.05, 4.69) is 10.4 Å². The average molecular weight is 619 g/mol. The van der Waals surface area contributed by atoms with Crippen LogP contribution in [0.5, 0.6) is 11.5 Å². The molecule has 0 radical (unpaired) electrons. The number of nitrogens with zero attached hydrogens (tertiary/aromatic N) is 5. The lowest BCUT2D eigenvalue weighted by Crippen LogP contribution is -2.31. The molecule has 1 fully saturated rings. The number of hydrogen-bond donors (Lipinski definition) is 2. The van der Waals surface area contributed by atoms with Crippen molar-refractivity contribution < 1.29 is 19.4 Å². The molecule has 0 aliphatic heterocycles. The molecule has 6 aromatic rings. The van der Waals surface area contributed by atoms with Gasteiger partial charge >= 0.3 is 0 Å². The Balaban J connectivity index is 1.05. The Morgan fingerprint density at radius 1 is 1.12 bits per heavy atom. The van der Waals surface area contributed by atoms with E-state index < -0.39 is 0 Å². The van der Waals surface area contributed by atoms with Gasteiger partial charge in [0.1, 0.15) is 38.8 Å². The summed E-state index contributed by atoms with van der Waals surface area (Å²) in [5.41, 5.74) is 3.73. The van der Waals surface area contributed by atoms with Crippen molar-refractivity contribution in [2.24, 2.45) is 5.41 Å². The highest BCUT2D eigenvalue weighted by molar-refractivity contribution is 7.22. The van der Waals surface area contributed by atoms with Gasteiger partial charge in [0.2, 0.25) is 4.96 Å². The first kappa shape index (κ1) is 27.0. The third-order valence-electron chi connectivity index (χ3n) is 7.27. The van der Waals surface area contributed by atoms with Gasteiger partial charge in [-0.05, 0) is 31.9 Å². The van der Waals surface area contributed by atoms with Crippen LogP contribution in [0.25, 0.3) is 36.5 Å². The molecule has 1 aliphatic carbocycles. The van der Waals surface area contributed by atoms with Crippen LogP contribution >= 0.6 is 34.0 Å². The van der Waals surface area contributed by atoms with Gasteiger partial charge in [-0.15, -0.1) is 22.7 Å². The number of benzene rings is 2. The molecule has 2 aromatic carbocycles. The van der Waals surface area contributed by atoms with Crippen LogP contribution in [0.4, 0.5) is 0 Å². The largest absolute Gasteiger partial charge is 0.497 e. The molecule has 7 rings (SSSR count). The minimum absolute atomic E-state index is 0.109. The number of amides is 1. The van der Waals surface area contributed by atoms with Crippen LogP contribution in [0, 0.1) is 12.3 Å². The molecule has 10 nitrogen and oxygen atoms in total. The molecule has 42 heavy (non-hydrogen) atoms. The number of thiazole rings is 2. The number of aromatic nitrogens is 5. The summed E-state index contributed by atoms with van der Waals surface area (Å²) >= 11 is 4.58. The number of ether oxygens (including phenoxy) is 2. The van der Waals surface area contributed by atoms with Crippen molar-refractivity contribution in [2.75, 3.05) is 20.3 Å². The lowest BCUT2D eigenvalue weighted by molar-refractivity contribution is 0.0935. The Morgan fingerprint density at radius 2 is 1.95 bits per heavy atom. The van der Waals surface area contributed by atoms with Gasteiger partial charge in [0, 0.05) is 40.6 Å². The molecule has 0 atom stereocenters. The minimum Gasteiger partial charge on any atom is -0.497 e. The monoisotopic (exact) mass is 618 g/mol. The van der Waals surface area contributed by atoms with Crippen LogP contribution in [-0.4, -0.2) is 55.8 Å². The van der Waals surface area contributed by atoms with E-state index in [1.165, 1.54) is 34.0 Å². The fourth-order valence-electron chi connectivity index (χ4n) is 4.57. The first-order valence-electron chi connectivity index (χ1n) is 13.3. The van der Waals surface area contributed by atoms with Crippen LogP contribution in [-0.2, 0) is 6.61 Å². The first-order valence-corrected chi connectivity index (χ1v) is 15.8. The highest BCUT2D eigenvalue weighted by atomic mass is 32.1. The fraction of sp³-hybridized carbons (Fsp3) is 0.276. The molecule has 1 saturated carbocycles. The van der Waals surface area contributed by atoms with Gasteiger partial charge < -0.3 is 19.9 Å². The molecular weight excluding hydrogens is 593 g/mol. The van der Waals surface area contributed by atoms with Gasteiger partial charge in [-0.1, -0.05) is 23.5 Å². The Labute approximate surface area is 252 Å². The number of carbonyl (C=O) groups is 1. The van der Waals surface area contributed by atoms with Gasteiger partial charge in [0.15, 0.2) is 0 Å². The Kier molecular flexibility index (Phi) is 6.89. The van der Waals surface area contributed by atoms with Crippen LogP contribution < -0.4 is 14.8 Å². The zero-order chi connectivity index (χ0) is 28.8. The predicted octanol–water partition coefficient (Wildman–Crippen LogP) is 5.59. The summed E-state index contributed by atoms with van der Waals surface area (Å²) in [6.45, 7) is 2.85. The van der Waals surface area contributed by atoms with Crippen molar-refractivity contribution in [1.29, 1.82) is 0 Å². The summed E-state index contributed by atoms with van der Waals surface area (Å²) in [5, 5.41) is 21.4. The van der Waals surface area contributed by atoms with Crippen molar-refractivity contribution in [3.63, 3.8) is 0 Å². The van der Waals surface area contributed by atoms with Gasteiger partial charge in [0.25, 0.3) is 5.91 Å². The molecule has 2 N–H and O–H groups in total. The molecule has 1 aliphatic rings. The minimum atomic E-state index is -0.134. The highest BCUT2D eigenvalue weighted by Crippen LogP contribution is 2.44. The zero-order valence-electron chi connectivity index (χ0n) is 22.8. The average Bonchev–Trinajstić information content (AvgIpc) is 3.36. The van der Waals surface area contributed by atoms with E-state index >= 15 is 0 Å². The van der Waals surface area contributed by atoms with E-state index in [-0.39, 0.29) is 24.5 Å². The molecule has 4 heterocycles. The number of fused-ring (bicyclic) bond motifs is 2. The van der Waals surface area contributed by atoms with Gasteiger partial charge in [0.05, 0.1) is 35.8 Å². The second-order valence-corrected chi connectivity index (χ2v) is 13.3. The SMILES string of the molecule is COc1cc(OCc2csc(-c3ccc(C(=O)NCC4(CO)CC4)cc3)n2)c2sc(-c3cn4nc(C)sc4n3)nc2c1. The maximum atomic E-state index is 12.5. The number of nitrogens with one attached hydrogen (secondary N) is 1. The van der Waals surface area contributed by atoms with Crippen molar-refractivity contribution in [2.45, 2.75) is 26.4 Å². The quantitative estimate of drug-likeness (QED) is 0.204. The lowest BCUT2D eigenvalue weighted by atomic mass is 10.1. The van der Waals surface area contributed by atoms with E-state index in [1.54, 1.807) is 23.8 Å². The number of aliphatic hydroxyl groups is 1. The fourth-order valence-corrected chi connectivity index (χ4v) is 7.08. The second-order valence-electron chi connectivity index (χ2n) is 10.3. The van der Waals surface area contributed by atoms with Crippen molar-refractivity contribution in [1.82, 2.24) is 29.9 Å². The van der Waals surface area contributed by atoms with Crippen LogP contribution in [0.1, 0.15) is 33.9 Å². The van der Waals surface area contributed by atoms with Gasteiger partial charge in [-0.2, -0.15) is 5.10 Å². The normalized spacial score (nSPS) is 14.0. The maximum Gasteiger partial charge on any atom is 0.251 e. The number of imidazole rings is 1. The molecular formula is C29H26N6O4S3. The molecule has 1 amide bonds. The molecule has 0 unspecified atom stereocenters.